The minimum Gasteiger partial charge on any atom is -0.412 e. The predicted molar refractivity (Wildman–Crippen MR) is 102 cm³/mol. The van der Waals surface area contributed by atoms with Gasteiger partial charge in [0, 0.05) is 6.54 Å². The van der Waals surface area contributed by atoms with Gasteiger partial charge in [-0.15, -0.1) is 0 Å². The second kappa shape index (κ2) is 22.4. The van der Waals surface area contributed by atoms with Crippen LogP contribution in [0.25, 0.3) is 0 Å². The Morgan fingerprint density at radius 2 is 1.24 bits per heavy atom. The van der Waals surface area contributed by atoms with Gasteiger partial charge in [0.25, 0.3) is 0 Å². The summed E-state index contributed by atoms with van der Waals surface area (Å²) in [5.41, 5.74) is 3.80. The topological polar surface area (TPSA) is 39.7 Å². The molecule has 0 unspecified atom stereocenters. The second-order valence-corrected chi connectivity index (χ2v) is 6.68. The highest BCUT2D eigenvalue weighted by atomic mass is 32.1. The van der Waals surface area contributed by atoms with Gasteiger partial charge in [0.05, 0.1) is 6.54 Å². The van der Waals surface area contributed by atoms with E-state index in [1.165, 1.54) is 77.0 Å². The van der Waals surface area contributed by atoms with E-state index >= 15 is 0 Å². The second-order valence-electron chi connectivity index (χ2n) is 5.60. The first-order chi connectivity index (χ1) is 10.2. The molecule has 0 atom stereocenters. The van der Waals surface area contributed by atoms with Crippen molar-refractivity contribution in [3.05, 3.63) is 0 Å². The van der Waals surface area contributed by atoms with Crippen LogP contribution in [0.1, 0.15) is 90.9 Å². The summed E-state index contributed by atoms with van der Waals surface area (Å²) in [6, 6.07) is 0. The molecular formula is C17H38N2S2. The zero-order valence-corrected chi connectivity index (χ0v) is 16.1. The van der Waals surface area contributed by atoms with Crippen LogP contribution in [0, 0.1) is 0 Å². The molecule has 0 aliphatic heterocycles. The number of unbranched alkanes of at least 4 members (excludes halogenated alkanes) is 10. The van der Waals surface area contributed by atoms with E-state index in [1.54, 1.807) is 0 Å². The number of quaternary nitrogens is 1. The van der Waals surface area contributed by atoms with Crippen molar-refractivity contribution in [1.29, 1.82) is 0 Å². The van der Waals surface area contributed by atoms with Crippen molar-refractivity contribution in [3.63, 3.8) is 0 Å². The molecular weight excluding hydrogens is 296 g/mol. The predicted octanol–water partition coefficient (Wildman–Crippen LogP) is 4.36. The fourth-order valence-corrected chi connectivity index (χ4v) is 2.26. The van der Waals surface area contributed by atoms with Gasteiger partial charge in [-0.05, 0) is 19.3 Å². The van der Waals surface area contributed by atoms with Crippen LogP contribution in [0.2, 0.25) is 0 Å². The van der Waals surface area contributed by atoms with E-state index in [0.29, 0.717) is 4.32 Å². The third-order valence-corrected chi connectivity index (χ3v) is 3.69. The van der Waals surface area contributed by atoms with Crippen molar-refractivity contribution in [2.45, 2.75) is 90.9 Å². The molecule has 0 aromatic carbocycles. The van der Waals surface area contributed by atoms with E-state index in [1.807, 2.05) is 0 Å². The summed E-state index contributed by atoms with van der Waals surface area (Å²) in [7, 11) is 0. The van der Waals surface area contributed by atoms with E-state index in [2.05, 4.69) is 24.9 Å². The Bertz CT molecular complexity index is 193. The van der Waals surface area contributed by atoms with Crippen LogP contribution < -0.4 is 11.1 Å². The molecule has 0 radical (unpaired) electrons. The third kappa shape index (κ3) is 28.9. The maximum atomic E-state index is 4.72. The molecule has 0 saturated carbocycles. The molecule has 0 rings (SSSR count). The number of thiocarbonyl (C=S) groups is 1. The SMILES string of the molecule is CCCCCCCCNC(=S)[S-].CCCCCCCC[NH3+]. The molecule has 0 aromatic heterocycles. The molecule has 0 saturated heterocycles. The highest BCUT2D eigenvalue weighted by Crippen LogP contribution is 2.04. The van der Waals surface area contributed by atoms with E-state index in [-0.39, 0.29) is 0 Å². The van der Waals surface area contributed by atoms with Crippen LogP contribution in [0.3, 0.4) is 0 Å². The molecule has 4 N–H and O–H groups in total. The third-order valence-electron chi connectivity index (χ3n) is 3.40. The molecule has 0 aromatic rings. The summed E-state index contributed by atoms with van der Waals surface area (Å²) in [5.74, 6) is 0. The Morgan fingerprint density at radius 1 is 0.810 bits per heavy atom. The number of nitrogens with one attached hydrogen (secondary N) is 1. The molecule has 0 bridgehead atoms. The average Bonchev–Trinajstić information content (AvgIpc) is 2.47. The van der Waals surface area contributed by atoms with Gasteiger partial charge in [0.1, 0.15) is 0 Å². The molecule has 0 fully saturated rings. The highest BCUT2D eigenvalue weighted by Gasteiger charge is 1.88. The quantitative estimate of drug-likeness (QED) is 0.299. The average molecular weight is 335 g/mol. The maximum Gasteiger partial charge on any atom is 0.0739 e. The van der Waals surface area contributed by atoms with Crippen LogP contribution in [0.5, 0.6) is 0 Å². The Morgan fingerprint density at radius 3 is 1.67 bits per heavy atom. The minimum atomic E-state index is 0.503. The molecule has 4 heteroatoms. The van der Waals surface area contributed by atoms with Gasteiger partial charge in [0.15, 0.2) is 0 Å². The molecule has 0 amide bonds. The fraction of sp³-hybridized carbons (Fsp3) is 0.941. The first-order valence-corrected chi connectivity index (χ1v) is 9.74. The summed E-state index contributed by atoms with van der Waals surface area (Å²) in [6.45, 7) is 6.55. The number of hydrogen-bond acceptors (Lipinski definition) is 2. The fourth-order valence-electron chi connectivity index (χ4n) is 2.05. The van der Waals surface area contributed by atoms with Gasteiger partial charge in [-0.2, -0.15) is 0 Å². The van der Waals surface area contributed by atoms with Gasteiger partial charge in [-0.25, -0.2) is 0 Å². The standard InChI is InChI=1S/C9H19NS2.C8H19N/c1-2-3-4-5-6-7-8-10-9(11)12;1-2-3-4-5-6-7-8-9/h2-8H2,1H3,(H2,10,11,12);2-9H2,1H3. The lowest BCUT2D eigenvalue weighted by atomic mass is 10.1. The molecule has 0 aliphatic rings. The van der Waals surface area contributed by atoms with Crippen molar-refractivity contribution in [2.24, 2.45) is 0 Å². The van der Waals surface area contributed by atoms with Gasteiger partial charge in [0.2, 0.25) is 0 Å². The molecule has 21 heavy (non-hydrogen) atoms. The largest absolute Gasteiger partial charge is 0.412 e. The van der Waals surface area contributed by atoms with E-state index in [4.69, 9.17) is 24.8 Å². The molecule has 0 heterocycles. The Kier molecular flexibility index (Phi) is 24.8. The normalized spacial score (nSPS) is 9.86. The first kappa shape index (κ1) is 23.3. The van der Waals surface area contributed by atoms with E-state index < -0.39 is 0 Å². The first-order valence-electron chi connectivity index (χ1n) is 8.93. The lowest BCUT2D eigenvalue weighted by molar-refractivity contribution is -0.368. The highest BCUT2D eigenvalue weighted by molar-refractivity contribution is 8.00. The van der Waals surface area contributed by atoms with E-state index in [9.17, 15) is 0 Å². The zero-order chi connectivity index (χ0) is 16.2. The van der Waals surface area contributed by atoms with Gasteiger partial charge < -0.3 is 35.9 Å². The summed E-state index contributed by atoms with van der Waals surface area (Å²) < 4.78 is 0.503. The monoisotopic (exact) mass is 334 g/mol. The van der Waals surface area contributed by atoms with Gasteiger partial charge in [-0.1, -0.05) is 76.0 Å². The summed E-state index contributed by atoms with van der Waals surface area (Å²) in [4.78, 5) is 0. The summed E-state index contributed by atoms with van der Waals surface area (Å²) >= 11 is 9.44. The number of rotatable bonds is 13. The van der Waals surface area contributed by atoms with Gasteiger partial charge >= 0.3 is 0 Å². The molecule has 0 spiro atoms. The van der Waals surface area contributed by atoms with Crippen molar-refractivity contribution in [3.8, 4) is 0 Å². The number of hydrogen-bond donors (Lipinski definition) is 2. The smallest absolute Gasteiger partial charge is 0.0739 e. The van der Waals surface area contributed by atoms with E-state index in [0.717, 1.165) is 13.1 Å². The Labute approximate surface area is 144 Å². The Hall–Kier alpha value is 0.0700. The van der Waals surface area contributed by atoms with Crippen LogP contribution in [0.4, 0.5) is 0 Å². The van der Waals surface area contributed by atoms with Crippen LogP contribution in [-0.2, 0) is 12.6 Å². The lowest BCUT2D eigenvalue weighted by Gasteiger charge is -2.08. The van der Waals surface area contributed by atoms with Crippen molar-refractivity contribution >= 4 is 29.2 Å². The van der Waals surface area contributed by atoms with Crippen molar-refractivity contribution in [1.82, 2.24) is 5.32 Å². The van der Waals surface area contributed by atoms with Crippen LogP contribution in [0.15, 0.2) is 0 Å². The van der Waals surface area contributed by atoms with Crippen molar-refractivity contribution < 1.29 is 5.73 Å². The molecule has 128 valence electrons. The zero-order valence-electron chi connectivity index (χ0n) is 14.4. The molecule has 2 nitrogen and oxygen atoms in total. The van der Waals surface area contributed by atoms with Crippen LogP contribution in [-0.4, -0.2) is 17.4 Å². The van der Waals surface area contributed by atoms with Crippen molar-refractivity contribution in [2.75, 3.05) is 13.1 Å². The summed E-state index contributed by atoms with van der Waals surface area (Å²) in [5, 5.41) is 2.98. The molecule has 0 aliphatic carbocycles. The van der Waals surface area contributed by atoms with Crippen LogP contribution >= 0.6 is 12.2 Å². The maximum absolute atomic E-state index is 4.72. The lowest BCUT2D eigenvalue weighted by Crippen LogP contribution is -2.50. The Balaban J connectivity index is 0. The van der Waals surface area contributed by atoms with Gasteiger partial charge in [-0.3, -0.25) is 0 Å². The summed E-state index contributed by atoms with van der Waals surface area (Å²) in [6.07, 6.45) is 16.2. The minimum absolute atomic E-state index is 0.503.